The Kier molecular flexibility index (Phi) is 7.41. The van der Waals surface area contributed by atoms with Crippen LogP contribution in [0.3, 0.4) is 0 Å². The first kappa shape index (κ1) is 23.9. The van der Waals surface area contributed by atoms with Crippen molar-refractivity contribution in [3.05, 3.63) is 59.7 Å². The number of aliphatic carboxylic acids is 2. The van der Waals surface area contributed by atoms with Crippen LogP contribution in [-0.2, 0) is 20.7 Å². The molecule has 8 heteroatoms. The van der Waals surface area contributed by atoms with Gasteiger partial charge < -0.3 is 25.0 Å². The number of hydrogen-bond acceptors (Lipinski definition) is 5. The predicted octanol–water partition coefficient (Wildman–Crippen LogP) is 3.46. The third-order valence-corrected chi connectivity index (χ3v) is 4.64. The van der Waals surface area contributed by atoms with E-state index in [2.05, 4.69) is 5.32 Å². The molecule has 0 aromatic heterocycles. The molecule has 0 saturated heterocycles. The second-order valence-electron chi connectivity index (χ2n) is 8.12. The summed E-state index contributed by atoms with van der Waals surface area (Å²) in [5.74, 6) is -2.88. The number of carbonyl (C=O) groups excluding carboxylic acids is 1. The second kappa shape index (κ2) is 9.61. The standard InChI is InChI=1S/C23H27NO7/c1-22(2,3)31-14-23(20(26)27,21(28)29)13-15-9-11-16(12-10-15)24-19(25)17-7-5-6-8-18(17)30-4/h5-12H,13-14H2,1-4H3,(H,24,25)(H,26,27)(H,28,29). The number of amides is 1. The summed E-state index contributed by atoms with van der Waals surface area (Å²) in [6.07, 6.45) is -0.269. The Morgan fingerprint density at radius 1 is 0.935 bits per heavy atom. The molecule has 0 saturated carbocycles. The van der Waals surface area contributed by atoms with Crippen LogP contribution < -0.4 is 10.1 Å². The van der Waals surface area contributed by atoms with Crippen LogP contribution in [0.15, 0.2) is 48.5 Å². The van der Waals surface area contributed by atoms with Crippen LogP contribution in [0.1, 0.15) is 36.7 Å². The Labute approximate surface area is 180 Å². The quantitative estimate of drug-likeness (QED) is 0.522. The van der Waals surface area contributed by atoms with Gasteiger partial charge in [-0.2, -0.15) is 0 Å². The van der Waals surface area contributed by atoms with Gasteiger partial charge in [0.1, 0.15) is 5.75 Å². The highest BCUT2D eigenvalue weighted by atomic mass is 16.5. The highest BCUT2D eigenvalue weighted by Crippen LogP contribution is 2.28. The summed E-state index contributed by atoms with van der Waals surface area (Å²) >= 11 is 0. The smallest absolute Gasteiger partial charge is 0.323 e. The maximum absolute atomic E-state index is 12.5. The summed E-state index contributed by atoms with van der Waals surface area (Å²) < 4.78 is 10.7. The molecule has 2 aromatic rings. The number of carboxylic acids is 2. The molecule has 0 atom stereocenters. The van der Waals surface area contributed by atoms with Gasteiger partial charge in [-0.1, -0.05) is 24.3 Å². The highest BCUT2D eigenvalue weighted by Gasteiger charge is 2.48. The van der Waals surface area contributed by atoms with Gasteiger partial charge in [-0.15, -0.1) is 0 Å². The molecular formula is C23H27NO7. The number of ether oxygens (including phenoxy) is 2. The summed E-state index contributed by atoms with van der Waals surface area (Å²) in [5, 5.41) is 22.1. The van der Waals surface area contributed by atoms with Crippen LogP contribution in [0.2, 0.25) is 0 Å². The van der Waals surface area contributed by atoms with Gasteiger partial charge in [0.05, 0.1) is 24.9 Å². The van der Waals surface area contributed by atoms with Gasteiger partial charge in [0.15, 0.2) is 5.41 Å². The van der Waals surface area contributed by atoms with Crippen LogP contribution >= 0.6 is 0 Å². The van der Waals surface area contributed by atoms with Gasteiger partial charge in [0.2, 0.25) is 0 Å². The molecule has 0 radical (unpaired) electrons. The molecule has 0 fully saturated rings. The zero-order valence-electron chi connectivity index (χ0n) is 18.0. The third kappa shape index (κ3) is 6.05. The number of anilines is 1. The summed E-state index contributed by atoms with van der Waals surface area (Å²) in [5.41, 5.74) is -1.50. The van der Waals surface area contributed by atoms with Gasteiger partial charge in [-0.25, -0.2) is 0 Å². The molecule has 31 heavy (non-hydrogen) atoms. The minimum Gasteiger partial charge on any atom is -0.496 e. The van der Waals surface area contributed by atoms with E-state index in [0.717, 1.165) is 0 Å². The van der Waals surface area contributed by atoms with E-state index >= 15 is 0 Å². The average molecular weight is 429 g/mol. The van der Waals surface area contributed by atoms with Crippen molar-refractivity contribution in [3.8, 4) is 5.75 Å². The maximum Gasteiger partial charge on any atom is 0.323 e. The molecule has 3 N–H and O–H groups in total. The van der Waals surface area contributed by atoms with E-state index in [-0.39, 0.29) is 12.3 Å². The van der Waals surface area contributed by atoms with Crippen molar-refractivity contribution in [1.82, 2.24) is 0 Å². The highest BCUT2D eigenvalue weighted by molar-refractivity contribution is 6.06. The Bertz CT molecular complexity index is 931. The molecule has 2 rings (SSSR count). The fourth-order valence-electron chi connectivity index (χ4n) is 2.84. The molecule has 0 heterocycles. The number of para-hydroxylation sites is 1. The lowest BCUT2D eigenvalue weighted by Crippen LogP contribution is -2.47. The fourth-order valence-corrected chi connectivity index (χ4v) is 2.84. The number of carbonyl (C=O) groups is 3. The van der Waals surface area contributed by atoms with E-state index in [9.17, 15) is 24.6 Å². The normalized spacial score (nSPS) is 11.6. The zero-order valence-corrected chi connectivity index (χ0v) is 18.0. The number of nitrogens with one attached hydrogen (secondary N) is 1. The van der Waals surface area contributed by atoms with E-state index in [1.165, 1.54) is 7.11 Å². The number of rotatable bonds is 9. The minimum absolute atomic E-state index is 0.269. The molecule has 8 nitrogen and oxygen atoms in total. The first-order valence-corrected chi connectivity index (χ1v) is 9.62. The molecular weight excluding hydrogens is 402 g/mol. The van der Waals surface area contributed by atoms with Crippen molar-refractivity contribution < 1.29 is 34.1 Å². The van der Waals surface area contributed by atoms with Crippen LogP contribution in [0, 0.1) is 5.41 Å². The van der Waals surface area contributed by atoms with Gasteiger partial charge in [0, 0.05) is 12.1 Å². The van der Waals surface area contributed by atoms with E-state index < -0.39 is 29.6 Å². The molecule has 2 aromatic carbocycles. The van der Waals surface area contributed by atoms with Crippen molar-refractivity contribution in [3.63, 3.8) is 0 Å². The van der Waals surface area contributed by atoms with Crippen molar-refractivity contribution in [1.29, 1.82) is 0 Å². The van der Waals surface area contributed by atoms with Crippen LogP contribution in [0.25, 0.3) is 0 Å². The van der Waals surface area contributed by atoms with Gasteiger partial charge in [-0.3, -0.25) is 14.4 Å². The van der Waals surface area contributed by atoms with Gasteiger partial charge >= 0.3 is 11.9 Å². The molecule has 0 aliphatic rings. The summed E-state index contributed by atoms with van der Waals surface area (Å²) in [7, 11) is 1.47. The third-order valence-electron chi connectivity index (χ3n) is 4.64. The van der Waals surface area contributed by atoms with Crippen LogP contribution in [-0.4, -0.2) is 47.4 Å². The van der Waals surface area contributed by atoms with Crippen LogP contribution in [0.5, 0.6) is 5.75 Å². The Hall–Kier alpha value is -3.39. The molecule has 0 aliphatic heterocycles. The first-order chi connectivity index (χ1) is 14.5. The van der Waals surface area contributed by atoms with E-state index in [4.69, 9.17) is 9.47 Å². The number of benzene rings is 2. The van der Waals surface area contributed by atoms with Crippen molar-refractivity contribution in [2.75, 3.05) is 19.0 Å². The fraction of sp³-hybridized carbons (Fsp3) is 0.348. The molecule has 0 spiro atoms. The first-order valence-electron chi connectivity index (χ1n) is 9.62. The molecule has 0 bridgehead atoms. The summed E-state index contributed by atoms with van der Waals surface area (Å²) in [6.45, 7) is 4.69. The lowest BCUT2D eigenvalue weighted by molar-refractivity contribution is -0.173. The van der Waals surface area contributed by atoms with Gasteiger partial charge in [-0.05, 0) is 50.6 Å². The lowest BCUT2D eigenvalue weighted by Gasteiger charge is -2.29. The summed E-state index contributed by atoms with van der Waals surface area (Å²) in [4.78, 5) is 36.3. The Morgan fingerprint density at radius 2 is 1.52 bits per heavy atom. The molecule has 0 unspecified atom stereocenters. The maximum atomic E-state index is 12.5. The van der Waals surface area contributed by atoms with Crippen LogP contribution in [0.4, 0.5) is 5.69 Å². The van der Waals surface area contributed by atoms with E-state index in [1.807, 2.05) is 0 Å². The molecule has 0 aliphatic carbocycles. The SMILES string of the molecule is COc1ccccc1C(=O)Nc1ccc(CC(COC(C)(C)C)(C(=O)O)C(=O)O)cc1. The van der Waals surface area contributed by atoms with E-state index in [0.29, 0.717) is 22.6 Å². The number of carboxylic acid groups (broad SMARTS) is 2. The topological polar surface area (TPSA) is 122 Å². The van der Waals surface area contributed by atoms with Crippen molar-refractivity contribution >= 4 is 23.5 Å². The van der Waals surface area contributed by atoms with Crippen molar-refractivity contribution in [2.45, 2.75) is 32.8 Å². The monoisotopic (exact) mass is 429 g/mol. The molecule has 1 amide bonds. The average Bonchev–Trinajstić information content (AvgIpc) is 2.71. The lowest BCUT2D eigenvalue weighted by atomic mass is 9.82. The Morgan fingerprint density at radius 3 is 2.03 bits per heavy atom. The second-order valence-corrected chi connectivity index (χ2v) is 8.12. The van der Waals surface area contributed by atoms with Crippen molar-refractivity contribution in [2.24, 2.45) is 5.41 Å². The largest absolute Gasteiger partial charge is 0.496 e. The predicted molar refractivity (Wildman–Crippen MR) is 115 cm³/mol. The Balaban J connectivity index is 2.19. The minimum atomic E-state index is -2.13. The number of hydrogen-bond donors (Lipinski definition) is 3. The molecule has 166 valence electrons. The van der Waals surface area contributed by atoms with Gasteiger partial charge in [0.25, 0.3) is 5.91 Å². The zero-order chi connectivity index (χ0) is 23.2. The number of methoxy groups -OCH3 is 1. The van der Waals surface area contributed by atoms with E-state index in [1.54, 1.807) is 69.3 Å². The summed E-state index contributed by atoms with van der Waals surface area (Å²) in [6, 6.07) is 13.1.